The summed E-state index contributed by atoms with van der Waals surface area (Å²) < 4.78 is 0. The van der Waals surface area contributed by atoms with Gasteiger partial charge in [-0.15, -0.1) is 0 Å². The van der Waals surface area contributed by atoms with Crippen molar-refractivity contribution in [3.63, 3.8) is 0 Å². The van der Waals surface area contributed by atoms with E-state index < -0.39 is 0 Å². The van der Waals surface area contributed by atoms with Crippen molar-refractivity contribution in [1.82, 2.24) is 5.32 Å². The largest absolute Gasteiger partial charge is 0.409 e. The molecule has 0 spiro atoms. The van der Waals surface area contributed by atoms with Gasteiger partial charge < -0.3 is 16.3 Å². The van der Waals surface area contributed by atoms with Crippen molar-refractivity contribution >= 4 is 11.7 Å². The van der Waals surface area contributed by atoms with Crippen molar-refractivity contribution in [3.8, 4) is 0 Å². The Morgan fingerprint density at radius 2 is 2.33 bits per heavy atom. The van der Waals surface area contributed by atoms with E-state index in [1.165, 1.54) is 0 Å². The molecule has 0 aromatic rings. The van der Waals surface area contributed by atoms with Crippen molar-refractivity contribution < 1.29 is 10.0 Å². The number of rotatable bonds is 3. The van der Waals surface area contributed by atoms with Gasteiger partial charge in [-0.25, -0.2) is 0 Å². The Labute approximate surface area is 70.6 Å². The highest BCUT2D eigenvalue weighted by molar-refractivity contribution is 5.90. The fourth-order valence-corrected chi connectivity index (χ4v) is 0.834. The summed E-state index contributed by atoms with van der Waals surface area (Å²) in [5.74, 6) is 0.00157. The molecule has 0 aromatic carbocycles. The molecule has 68 valence electrons. The Hall–Kier alpha value is -1.26. The third-order valence-electron chi connectivity index (χ3n) is 2.11. The normalized spacial score (nSPS) is 20.2. The molecule has 1 aliphatic rings. The molecule has 0 aliphatic heterocycles. The van der Waals surface area contributed by atoms with Crippen LogP contribution in [0, 0.1) is 5.41 Å². The minimum Gasteiger partial charge on any atom is -0.409 e. The van der Waals surface area contributed by atoms with Crippen LogP contribution < -0.4 is 11.1 Å². The van der Waals surface area contributed by atoms with Gasteiger partial charge in [0.05, 0.1) is 6.54 Å². The second-order valence-electron chi connectivity index (χ2n) is 3.33. The summed E-state index contributed by atoms with van der Waals surface area (Å²) in [7, 11) is 0. The number of nitrogens with two attached hydrogens (primary N) is 1. The van der Waals surface area contributed by atoms with Crippen molar-refractivity contribution in [2.45, 2.75) is 19.8 Å². The Morgan fingerprint density at radius 3 is 2.75 bits per heavy atom. The van der Waals surface area contributed by atoms with Gasteiger partial charge >= 0.3 is 0 Å². The standard InChI is InChI=1S/C7H13N3O2/c1-7(2-3-7)6(11)9-4-5(8)10-12/h12H,2-4H2,1H3,(H2,8,10)(H,9,11). The van der Waals surface area contributed by atoms with Gasteiger partial charge in [-0.05, 0) is 12.8 Å². The molecular weight excluding hydrogens is 158 g/mol. The van der Waals surface area contributed by atoms with Crippen molar-refractivity contribution in [1.29, 1.82) is 0 Å². The van der Waals surface area contributed by atoms with Crippen LogP contribution in [0.2, 0.25) is 0 Å². The topological polar surface area (TPSA) is 87.7 Å². The molecule has 0 bridgehead atoms. The summed E-state index contributed by atoms with van der Waals surface area (Å²) in [4.78, 5) is 11.2. The molecule has 0 atom stereocenters. The quantitative estimate of drug-likeness (QED) is 0.235. The van der Waals surface area contributed by atoms with Crippen LogP contribution in [0.4, 0.5) is 0 Å². The van der Waals surface area contributed by atoms with E-state index in [1.807, 2.05) is 6.92 Å². The van der Waals surface area contributed by atoms with E-state index in [9.17, 15) is 4.79 Å². The molecule has 1 saturated carbocycles. The number of oxime groups is 1. The Kier molecular flexibility index (Phi) is 2.21. The van der Waals surface area contributed by atoms with Crippen LogP contribution >= 0.6 is 0 Å². The van der Waals surface area contributed by atoms with E-state index in [4.69, 9.17) is 10.9 Å². The predicted octanol–water partition coefficient (Wildman–Crippen LogP) is -0.351. The summed E-state index contributed by atoms with van der Waals surface area (Å²) in [6, 6.07) is 0. The highest BCUT2D eigenvalue weighted by Crippen LogP contribution is 2.44. The fourth-order valence-electron chi connectivity index (χ4n) is 0.834. The molecule has 1 rings (SSSR count). The van der Waals surface area contributed by atoms with Crippen LogP contribution in [0.5, 0.6) is 0 Å². The van der Waals surface area contributed by atoms with Crippen LogP contribution in [0.15, 0.2) is 5.16 Å². The molecule has 4 N–H and O–H groups in total. The van der Waals surface area contributed by atoms with Gasteiger partial charge in [0.15, 0.2) is 5.84 Å². The first-order chi connectivity index (χ1) is 5.58. The molecule has 0 radical (unpaired) electrons. The van der Waals surface area contributed by atoms with Gasteiger partial charge in [-0.2, -0.15) is 0 Å². The Balaban J connectivity index is 2.28. The minimum atomic E-state index is -0.199. The van der Waals surface area contributed by atoms with E-state index >= 15 is 0 Å². The third kappa shape index (κ3) is 1.87. The maximum absolute atomic E-state index is 11.2. The second-order valence-corrected chi connectivity index (χ2v) is 3.33. The van der Waals surface area contributed by atoms with Gasteiger partial charge in [0.25, 0.3) is 0 Å². The number of hydrogen-bond donors (Lipinski definition) is 3. The van der Waals surface area contributed by atoms with Gasteiger partial charge in [0.2, 0.25) is 5.91 Å². The van der Waals surface area contributed by atoms with Crippen LogP contribution in [0.1, 0.15) is 19.8 Å². The van der Waals surface area contributed by atoms with Crippen molar-refractivity contribution in [2.24, 2.45) is 16.3 Å². The smallest absolute Gasteiger partial charge is 0.226 e. The van der Waals surface area contributed by atoms with Gasteiger partial charge in [0.1, 0.15) is 0 Å². The summed E-state index contributed by atoms with van der Waals surface area (Å²) in [6.07, 6.45) is 1.85. The van der Waals surface area contributed by atoms with Gasteiger partial charge in [-0.1, -0.05) is 12.1 Å². The number of nitrogens with one attached hydrogen (secondary N) is 1. The monoisotopic (exact) mass is 171 g/mol. The van der Waals surface area contributed by atoms with Crippen LogP contribution in [0.25, 0.3) is 0 Å². The van der Waals surface area contributed by atoms with Crippen molar-refractivity contribution in [3.05, 3.63) is 0 Å². The second kappa shape index (κ2) is 3.00. The van der Waals surface area contributed by atoms with E-state index in [2.05, 4.69) is 10.5 Å². The highest BCUT2D eigenvalue weighted by Gasteiger charge is 2.44. The number of amidine groups is 1. The first-order valence-electron chi connectivity index (χ1n) is 3.83. The van der Waals surface area contributed by atoms with E-state index in [-0.39, 0.29) is 23.7 Å². The lowest BCUT2D eigenvalue weighted by Gasteiger charge is -2.08. The third-order valence-corrected chi connectivity index (χ3v) is 2.11. The molecule has 1 aliphatic carbocycles. The van der Waals surface area contributed by atoms with Crippen LogP contribution in [-0.4, -0.2) is 23.5 Å². The predicted molar refractivity (Wildman–Crippen MR) is 43.8 cm³/mol. The van der Waals surface area contributed by atoms with E-state index in [1.54, 1.807) is 0 Å². The molecule has 1 fully saturated rings. The lowest BCUT2D eigenvalue weighted by molar-refractivity contribution is -0.125. The van der Waals surface area contributed by atoms with Gasteiger partial charge in [0, 0.05) is 5.41 Å². The van der Waals surface area contributed by atoms with Crippen molar-refractivity contribution in [2.75, 3.05) is 6.54 Å². The maximum Gasteiger partial charge on any atom is 0.226 e. The zero-order valence-corrected chi connectivity index (χ0v) is 7.00. The number of nitrogens with zero attached hydrogens (tertiary/aromatic N) is 1. The molecule has 0 saturated heterocycles. The minimum absolute atomic E-state index is 0.0194. The average molecular weight is 171 g/mol. The molecular formula is C7H13N3O2. The molecule has 5 heteroatoms. The summed E-state index contributed by atoms with van der Waals surface area (Å²) in [5.41, 5.74) is 4.97. The molecule has 0 aromatic heterocycles. The molecule has 12 heavy (non-hydrogen) atoms. The lowest BCUT2D eigenvalue weighted by Crippen LogP contribution is -2.37. The molecule has 0 unspecified atom stereocenters. The average Bonchev–Trinajstić information content (AvgIpc) is 2.80. The SMILES string of the molecule is CC1(C(=O)NC/C(N)=N/O)CC1. The molecule has 5 nitrogen and oxygen atoms in total. The maximum atomic E-state index is 11.2. The zero-order chi connectivity index (χ0) is 9.19. The fraction of sp³-hybridized carbons (Fsp3) is 0.714. The number of hydrogen-bond acceptors (Lipinski definition) is 3. The number of carbonyl (C=O) groups is 1. The first kappa shape index (κ1) is 8.83. The Morgan fingerprint density at radius 1 is 1.75 bits per heavy atom. The molecule has 0 heterocycles. The summed E-state index contributed by atoms with van der Waals surface area (Å²) in [6.45, 7) is 2.01. The first-order valence-corrected chi connectivity index (χ1v) is 3.83. The Bertz CT molecular complexity index is 221. The zero-order valence-electron chi connectivity index (χ0n) is 7.00. The van der Waals surface area contributed by atoms with E-state index in [0.29, 0.717) is 0 Å². The van der Waals surface area contributed by atoms with Crippen LogP contribution in [-0.2, 0) is 4.79 Å². The highest BCUT2D eigenvalue weighted by atomic mass is 16.4. The molecule has 1 amide bonds. The summed E-state index contributed by atoms with van der Waals surface area (Å²) >= 11 is 0. The van der Waals surface area contributed by atoms with Gasteiger partial charge in [-0.3, -0.25) is 4.79 Å². The van der Waals surface area contributed by atoms with E-state index in [0.717, 1.165) is 12.8 Å². The summed E-state index contributed by atoms with van der Waals surface area (Å²) in [5, 5.41) is 13.5. The number of carbonyl (C=O) groups excluding carboxylic acids is 1. The lowest BCUT2D eigenvalue weighted by atomic mass is 10.1. The number of amides is 1. The van der Waals surface area contributed by atoms with Crippen LogP contribution in [0.3, 0.4) is 0 Å².